The molecule has 6 nitrogen and oxygen atoms in total. The number of nitrogens with zero attached hydrogens (tertiary/aromatic N) is 2. The van der Waals surface area contributed by atoms with Crippen LogP contribution in [0.1, 0.15) is 5.56 Å². The van der Waals surface area contributed by atoms with Gasteiger partial charge in [-0.15, -0.1) is 0 Å². The Morgan fingerprint density at radius 1 is 0.857 bits per heavy atom. The summed E-state index contributed by atoms with van der Waals surface area (Å²) in [5.41, 5.74) is 3.96. The number of piperazine rings is 1. The Balaban J connectivity index is 1.21. The number of anilines is 1. The summed E-state index contributed by atoms with van der Waals surface area (Å²) in [6.07, 6.45) is 0.422. The molecule has 2 heterocycles. The van der Waals surface area contributed by atoms with Gasteiger partial charge in [0.15, 0.2) is 17.3 Å². The Bertz CT molecular complexity index is 1310. The van der Waals surface area contributed by atoms with E-state index < -0.39 is 0 Å². The molecule has 1 fully saturated rings. The molecule has 1 saturated heterocycles. The molecule has 180 valence electrons. The molecule has 0 radical (unpaired) electrons. The lowest BCUT2D eigenvalue weighted by Gasteiger charge is -2.35. The molecule has 1 aliphatic heterocycles. The standard InChI is InChI=1S/C29H30N2O4/c1-33-27-11-9-22(18-29(27)34-2)28-19-23-16-21(8-10-26(23)35-28)17-25(32)20-30-12-14-31(15-13-30)24-6-4-3-5-7-24/h3-11,16,18-19H,12-15,17,20H2,1-2H3. The fourth-order valence-corrected chi connectivity index (χ4v) is 4.67. The number of methoxy groups -OCH3 is 2. The van der Waals surface area contributed by atoms with E-state index in [1.807, 2.05) is 48.5 Å². The van der Waals surface area contributed by atoms with Crippen molar-refractivity contribution in [2.75, 3.05) is 51.8 Å². The van der Waals surface area contributed by atoms with Gasteiger partial charge in [-0.05, 0) is 54.1 Å². The van der Waals surface area contributed by atoms with Gasteiger partial charge in [-0.2, -0.15) is 0 Å². The van der Waals surface area contributed by atoms with Crippen LogP contribution in [-0.2, 0) is 11.2 Å². The number of furan rings is 1. The molecule has 6 heteroatoms. The van der Waals surface area contributed by atoms with E-state index in [1.165, 1.54) is 5.69 Å². The maximum Gasteiger partial charge on any atom is 0.161 e. The molecule has 0 saturated carbocycles. The van der Waals surface area contributed by atoms with Crippen molar-refractivity contribution in [3.8, 4) is 22.8 Å². The van der Waals surface area contributed by atoms with Crippen LogP contribution in [0.4, 0.5) is 5.69 Å². The first-order valence-electron chi connectivity index (χ1n) is 11.9. The number of benzene rings is 3. The van der Waals surface area contributed by atoms with Crippen molar-refractivity contribution in [3.63, 3.8) is 0 Å². The highest BCUT2D eigenvalue weighted by Crippen LogP contribution is 2.35. The predicted octanol–water partition coefficient (Wildman–Crippen LogP) is 5.05. The monoisotopic (exact) mass is 470 g/mol. The topological polar surface area (TPSA) is 55.2 Å². The van der Waals surface area contributed by atoms with E-state index in [4.69, 9.17) is 13.9 Å². The van der Waals surface area contributed by atoms with Gasteiger partial charge in [0.1, 0.15) is 11.3 Å². The van der Waals surface area contributed by atoms with Gasteiger partial charge < -0.3 is 18.8 Å². The third-order valence-electron chi connectivity index (χ3n) is 6.54. The van der Waals surface area contributed by atoms with Crippen LogP contribution in [0.2, 0.25) is 0 Å². The van der Waals surface area contributed by atoms with Gasteiger partial charge in [0.25, 0.3) is 0 Å². The summed E-state index contributed by atoms with van der Waals surface area (Å²) in [5, 5.41) is 0.983. The smallest absolute Gasteiger partial charge is 0.161 e. The molecule has 3 aromatic carbocycles. The minimum Gasteiger partial charge on any atom is -0.493 e. The number of carbonyl (C=O) groups is 1. The lowest BCUT2D eigenvalue weighted by molar-refractivity contribution is -0.119. The predicted molar refractivity (Wildman–Crippen MR) is 139 cm³/mol. The molecule has 35 heavy (non-hydrogen) atoms. The lowest BCUT2D eigenvalue weighted by Crippen LogP contribution is -2.48. The second-order valence-corrected chi connectivity index (χ2v) is 8.87. The number of hydrogen-bond donors (Lipinski definition) is 0. The van der Waals surface area contributed by atoms with Crippen molar-refractivity contribution >= 4 is 22.4 Å². The highest BCUT2D eigenvalue weighted by Gasteiger charge is 2.19. The van der Waals surface area contributed by atoms with Crippen LogP contribution in [0, 0.1) is 0 Å². The summed E-state index contributed by atoms with van der Waals surface area (Å²) in [6, 6.07) is 24.2. The molecule has 0 bridgehead atoms. The second-order valence-electron chi connectivity index (χ2n) is 8.87. The number of carbonyl (C=O) groups excluding carboxylic acids is 1. The maximum atomic E-state index is 12.8. The summed E-state index contributed by atoms with van der Waals surface area (Å²) in [4.78, 5) is 17.5. The van der Waals surface area contributed by atoms with Gasteiger partial charge >= 0.3 is 0 Å². The lowest BCUT2D eigenvalue weighted by atomic mass is 10.1. The van der Waals surface area contributed by atoms with Gasteiger partial charge in [-0.25, -0.2) is 0 Å². The Kier molecular flexibility index (Phi) is 6.73. The second kappa shape index (κ2) is 10.2. The maximum absolute atomic E-state index is 12.8. The Hall–Kier alpha value is -3.77. The molecule has 0 unspecified atom stereocenters. The van der Waals surface area contributed by atoms with Crippen molar-refractivity contribution in [2.45, 2.75) is 6.42 Å². The van der Waals surface area contributed by atoms with Crippen LogP contribution in [0.5, 0.6) is 11.5 Å². The van der Waals surface area contributed by atoms with E-state index in [1.54, 1.807) is 14.2 Å². The summed E-state index contributed by atoms with van der Waals surface area (Å²) in [5.74, 6) is 2.32. The summed E-state index contributed by atoms with van der Waals surface area (Å²) < 4.78 is 16.8. The molecule has 0 amide bonds. The molecular formula is C29H30N2O4. The largest absolute Gasteiger partial charge is 0.493 e. The van der Waals surface area contributed by atoms with E-state index in [9.17, 15) is 4.79 Å². The van der Waals surface area contributed by atoms with Crippen LogP contribution < -0.4 is 14.4 Å². The zero-order valence-electron chi connectivity index (χ0n) is 20.2. The number of rotatable bonds is 8. The van der Waals surface area contributed by atoms with Crippen LogP contribution in [0.25, 0.3) is 22.3 Å². The molecule has 0 N–H and O–H groups in total. The van der Waals surface area contributed by atoms with Crippen molar-refractivity contribution in [1.29, 1.82) is 0 Å². The fraction of sp³-hybridized carbons (Fsp3) is 0.276. The molecule has 5 rings (SSSR count). The Labute approximate surface area is 205 Å². The summed E-state index contributed by atoms with van der Waals surface area (Å²) in [6.45, 7) is 4.17. The first-order valence-corrected chi connectivity index (χ1v) is 11.9. The Morgan fingerprint density at radius 3 is 2.37 bits per heavy atom. The highest BCUT2D eigenvalue weighted by atomic mass is 16.5. The van der Waals surface area contributed by atoms with Crippen molar-refractivity contribution < 1.29 is 18.7 Å². The number of ether oxygens (including phenoxy) is 2. The van der Waals surface area contributed by atoms with E-state index in [0.29, 0.717) is 24.5 Å². The first kappa shape index (κ1) is 23.0. The van der Waals surface area contributed by atoms with Gasteiger partial charge in [-0.3, -0.25) is 9.69 Å². The fourth-order valence-electron chi connectivity index (χ4n) is 4.67. The SMILES string of the molecule is COc1ccc(-c2cc3cc(CC(=O)CN4CCN(c5ccccc5)CC4)ccc3o2)cc1OC. The van der Waals surface area contributed by atoms with Gasteiger partial charge in [0.05, 0.1) is 20.8 Å². The van der Waals surface area contributed by atoms with Gasteiger partial charge in [0, 0.05) is 49.2 Å². The molecule has 0 spiro atoms. The number of fused-ring (bicyclic) bond motifs is 1. The van der Waals surface area contributed by atoms with E-state index in [0.717, 1.165) is 54.0 Å². The number of Topliss-reactive ketones (excluding diaryl/α,β-unsaturated/α-hetero) is 1. The van der Waals surface area contributed by atoms with Crippen molar-refractivity contribution in [3.05, 3.63) is 78.4 Å². The molecule has 4 aromatic rings. The quantitative estimate of drug-likeness (QED) is 0.359. The first-order chi connectivity index (χ1) is 17.1. The molecule has 1 aliphatic rings. The van der Waals surface area contributed by atoms with E-state index in [2.05, 4.69) is 34.1 Å². The highest BCUT2D eigenvalue weighted by molar-refractivity contribution is 5.87. The average molecular weight is 471 g/mol. The average Bonchev–Trinajstić information content (AvgIpc) is 3.32. The van der Waals surface area contributed by atoms with Crippen molar-refractivity contribution in [1.82, 2.24) is 4.90 Å². The van der Waals surface area contributed by atoms with Crippen LogP contribution in [0.3, 0.4) is 0 Å². The zero-order valence-corrected chi connectivity index (χ0v) is 20.2. The number of para-hydroxylation sites is 1. The third kappa shape index (κ3) is 5.17. The summed E-state index contributed by atoms with van der Waals surface area (Å²) >= 11 is 0. The molecular weight excluding hydrogens is 440 g/mol. The summed E-state index contributed by atoms with van der Waals surface area (Å²) in [7, 11) is 3.24. The third-order valence-corrected chi connectivity index (χ3v) is 6.54. The Morgan fingerprint density at radius 2 is 1.63 bits per heavy atom. The molecule has 1 aromatic heterocycles. The van der Waals surface area contributed by atoms with Gasteiger partial charge in [0.2, 0.25) is 0 Å². The number of ketones is 1. The van der Waals surface area contributed by atoms with E-state index in [-0.39, 0.29) is 5.78 Å². The van der Waals surface area contributed by atoms with Crippen LogP contribution in [0.15, 0.2) is 77.2 Å². The van der Waals surface area contributed by atoms with E-state index >= 15 is 0 Å². The minimum absolute atomic E-state index is 0.237. The van der Waals surface area contributed by atoms with Crippen LogP contribution in [-0.4, -0.2) is 57.6 Å². The van der Waals surface area contributed by atoms with Crippen molar-refractivity contribution in [2.24, 2.45) is 0 Å². The van der Waals surface area contributed by atoms with Gasteiger partial charge in [-0.1, -0.05) is 24.3 Å². The molecule has 0 aliphatic carbocycles. The zero-order chi connectivity index (χ0) is 24.2. The minimum atomic E-state index is 0.237. The molecule has 0 atom stereocenters. The number of hydrogen-bond acceptors (Lipinski definition) is 6. The van der Waals surface area contributed by atoms with Crippen LogP contribution >= 0.6 is 0 Å². The normalized spacial score (nSPS) is 14.3.